The maximum absolute atomic E-state index is 8.25. The first-order valence-corrected chi connectivity index (χ1v) is 5.28. The Balaban J connectivity index is 1.86. The SMILES string of the molecule is [N-]=[N+]=Nc1ccc(OC[C@H]2CCCO2)cc1. The fourth-order valence-electron chi connectivity index (χ4n) is 1.63. The highest BCUT2D eigenvalue weighted by Crippen LogP contribution is 2.19. The lowest BCUT2D eigenvalue weighted by Gasteiger charge is -2.11. The van der Waals surface area contributed by atoms with Crippen molar-refractivity contribution in [2.24, 2.45) is 5.11 Å². The van der Waals surface area contributed by atoms with Crippen LogP contribution in [0.15, 0.2) is 29.4 Å². The highest BCUT2D eigenvalue weighted by atomic mass is 16.5. The molecule has 0 spiro atoms. The van der Waals surface area contributed by atoms with Crippen molar-refractivity contribution >= 4 is 5.69 Å². The Bertz CT molecular complexity index is 379. The van der Waals surface area contributed by atoms with Crippen LogP contribution in [0.4, 0.5) is 5.69 Å². The Labute approximate surface area is 93.6 Å². The van der Waals surface area contributed by atoms with E-state index in [1.165, 1.54) is 0 Å². The summed E-state index contributed by atoms with van der Waals surface area (Å²) in [4.78, 5) is 2.71. The van der Waals surface area contributed by atoms with Crippen LogP contribution in [0.1, 0.15) is 12.8 Å². The van der Waals surface area contributed by atoms with E-state index in [-0.39, 0.29) is 6.10 Å². The van der Waals surface area contributed by atoms with Crippen molar-refractivity contribution in [1.82, 2.24) is 0 Å². The van der Waals surface area contributed by atoms with Crippen LogP contribution in [-0.4, -0.2) is 19.3 Å². The van der Waals surface area contributed by atoms with Gasteiger partial charge < -0.3 is 9.47 Å². The summed E-state index contributed by atoms with van der Waals surface area (Å²) in [6, 6.07) is 7.03. The van der Waals surface area contributed by atoms with E-state index in [1.807, 2.05) is 0 Å². The van der Waals surface area contributed by atoms with Crippen LogP contribution in [0.5, 0.6) is 5.75 Å². The molecule has 1 saturated heterocycles. The average Bonchev–Trinajstić information content (AvgIpc) is 2.82. The van der Waals surface area contributed by atoms with Gasteiger partial charge in [-0.05, 0) is 42.6 Å². The summed E-state index contributed by atoms with van der Waals surface area (Å²) in [7, 11) is 0. The largest absolute Gasteiger partial charge is 0.491 e. The molecule has 1 heterocycles. The maximum atomic E-state index is 8.25. The molecule has 84 valence electrons. The number of azide groups is 1. The number of rotatable bonds is 4. The molecule has 1 aliphatic rings. The van der Waals surface area contributed by atoms with Gasteiger partial charge in [-0.2, -0.15) is 0 Å². The van der Waals surface area contributed by atoms with E-state index in [1.54, 1.807) is 24.3 Å². The summed E-state index contributed by atoms with van der Waals surface area (Å²) in [5.74, 6) is 0.771. The average molecular weight is 219 g/mol. The van der Waals surface area contributed by atoms with Gasteiger partial charge in [0.1, 0.15) is 12.4 Å². The minimum absolute atomic E-state index is 0.219. The lowest BCUT2D eigenvalue weighted by molar-refractivity contribution is 0.0679. The van der Waals surface area contributed by atoms with Crippen LogP contribution in [-0.2, 0) is 4.74 Å². The maximum Gasteiger partial charge on any atom is 0.119 e. The minimum Gasteiger partial charge on any atom is -0.491 e. The summed E-state index contributed by atoms with van der Waals surface area (Å²) in [6.45, 7) is 1.42. The molecular weight excluding hydrogens is 206 g/mol. The fourth-order valence-corrected chi connectivity index (χ4v) is 1.63. The number of ether oxygens (including phenoxy) is 2. The third-order valence-corrected chi connectivity index (χ3v) is 2.46. The molecule has 16 heavy (non-hydrogen) atoms. The monoisotopic (exact) mass is 219 g/mol. The predicted octanol–water partition coefficient (Wildman–Crippen LogP) is 3.19. The fraction of sp³-hybridized carbons (Fsp3) is 0.455. The first kappa shape index (κ1) is 10.8. The van der Waals surface area contributed by atoms with Crippen LogP contribution in [0, 0.1) is 0 Å². The minimum atomic E-state index is 0.219. The first-order chi connectivity index (χ1) is 7.88. The number of nitrogens with zero attached hydrogens (tertiary/aromatic N) is 3. The van der Waals surface area contributed by atoms with Crippen LogP contribution in [0.25, 0.3) is 10.4 Å². The molecular formula is C11H13N3O2. The number of hydrogen-bond donors (Lipinski definition) is 0. The predicted molar refractivity (Wildman–Crippen MR) is 59.7 cm³/mol. The molecule has 0 aromatic heterocycles. The number of benzene rings is 1. The molecule has 1 aromatic rings. The zero-order valence-corrected chi connectivity index (χ0v) is 8.87. The highest BCUT2D eigenvalue weighted by Gasteiger charge is 2.15. The zero-order valence-electron chi connectivity index (χ0n) is 8.87. The molecule has 1 aliphatic heterocycles. The van der Waals surface area contributed by atoms with Gasteiger partial charge in [0.25, 0.3) is 0 Å². The van der Waals surface area contributed by atoms with E-state index in [0.717, 1.165) is 25.2 Å². The molecule has 0 radical (unpaired) electrons. The van der Waals surface area contributed by atoms with Crippen molar-refractivity contribution in [2.45, 2.75) is 18.9 Å². The molecule has 1 atom stereocenters. The zero-order chi connectivity index (χ0) is 11.2. The molecule has 5 nitrogen and oxygen atoms in total. The smallest absolute Gasteiger partial charge is 0.119 e. The van der Waals surface area contributed by atoms with Gasteiger partial charge in [-0.15, -0.1) is 0 Å². The van der Waals surface area contributed by atoms with Gasteiger partial charge in [0.15, 0.2) is 0 Å². The Hall–Kier alpha value is -1.71. The van der Waals surface area contributed by atoms with Crippen molar-refractivity contribution < 1.29 is 9.47 Å². The van der Waals surface area contributed by atoms with Crippen molar-refractivity contribution in [3.05, 3.63) is 34.7 Å². The van der Waals surface area contributed by atoms with Gasteiger partial charge in [-0.1, -0.05) is 5.11 Å². The molecule has 0 amide bonds. The van der Waals surface area contributed by atoms with Crippen LogP contribution in [0.2, 0.25) is 0 Å². The summed E-state index contributed by atoms with van der Waals surface area (Å²) in [5.41, 5.74) is 8.84. The van der Waals surface area contributed by atoms with E-state index in [9.17, 15) is 0 Å². The van der Waals surface area contributed by atoms with Crippen LogP contribution >= 0.6 is 0 Å². The number of hydrogen-bond acceptors (Lipinski definition) is 3. The van der Waals surface area contributed by atoms with E-state index in [2.05, 4.69) is 10.0 Å². The molecule has 0 aliphatic carbocycles. The van der Waals surface area contributed by atoms with Crippen LogP contribution < -0.4 is 4.74 Å². The van der Waals surface area contributed by atoms with Crippen molar-refractivity contribution in [1.29, 1.82) is 0 Å². The Kier molecular flexibility index (Phi) is 3.64. The standard InChI is InChI=1S/C11H13N3O2/c12-14-13-9-3-5-10(6-4-9)16-8-11-2-1-7-15-11/h3-6,11H,1-2,7-8H2/t11-/m1/s1. The molecule has 1 aromatic carbocycles. The Morgan fingerprint density at radius 1 is 1.44 bits per heavy atom. The van der Waals surface area contributed by atoms with Gasteiger partial charge >= 0.3 is 0 Å². The van der Waals surface area contributed by atoms with Gasteiger partial charge in [-0.3, -0.25) is 0 Å². The van der Waals surface area contributed by atoms with Gasteiger partial charge in [0.2, 0.25) is 0 Å². The second-order valence-electron chi connectivity index (χ2n) is 3.63. The molecule has 5 heteroatoms. The molecule has 0 N–H and O–H groups in total. The molecule has 0 saturated carbocycles. The third kappa shape index (κ3) is 2.89. The molecule has 1 fully saturated rings. The topological polar surface area (TPSA) is 67.2 Å². The van der Waals surface area contributed by atoms with Gasteiger partial charge in [0, 0.05) is 17.2 Å². The summed E-state index contributed by atoms with van der Waals surface area (Å²) in [5, 5.41) is 3.49. The van der Waals surface area contributed by atoms with Crippen molar-refractivity contribution in [3.8, 4) is 5.75 Å². The first-order valence-electron chi connectivity index (χ1n) is 5.28. The van der Waals surface area contributed by atoms with Crippen LogP contribution in [0.3, 0.4) is 0 Å². The van der Waals surface area contributed by atoms with E-state index < -0.39 is 0 Å². The van der Waals surface area contributed by atoms with Crippen molar-refractivity contribution in [3.63, 3.8) is 0 Å². The van der Waals surface area contributed by atoms with E-state index in [4.69, 9.17) is 15.0 Å². The lowest BCUT2D eigenvalue weighted by atomic mass is 10.2. The summed E-state index contributed by atoms with van der Waals surface area (Å²) < 4.78 is 11.0. The second-order valence-corrected chi connectivity index (χ2v) is 3.63. The van der Waals surface area contributed by atoms with Crippen molar-refractivity contribution in [2.75, 3.05) is 13.2 Å². The van der Waals surface area contributed by atoms with E-state index >= 15 is 0 Å². The van der Waals surface area contributed by atoms with Gasteiger partial charge in [-0.25, -0.2) is 0 Å². The molecule has 2 rings (SSSR count). The summed E-state index contributed by atoms with van der Waals surface area (Å²) in [6.07, 6.45) is 2.40. The lowest BCUT2D eigenvalue weighted by Crippen LogP contribution is -2.16. The van der Waals surface area contributed by atoms with E-state index in [0.29, 0.717) is 12.3 Å². The highest BCUT2D eigenvalue weighted by molar-refractivity contribution is 5.40. The molecule has 0 bridgehead atoms. The third-order valence-electron chi connectivity index (χ3n) is 2.46. The Morgan fingerprint density at radius 2 is 2.25 bits per heavy atom. The quantitative estimate of drug-likeness (QED) is 0.443. The Morgan fingerprint density at radius 3 is 2.88 bits per heavy atom. The normalized spacial score (nSPS) is 19.1. The second kappa shape index (κ2) is 5.39. The summed E-state index contributed by atoms with van der Waals surface area (Å²) >= 11 is 0. The molecule has 0 unspecified atom stereocenters. The van der Waals surface area contributed by atoms with Gasteiger partial charge in [0.05, 0.1) is 6.10 Å².